The Morgan fingerprint density at radius 2 is 2.05 bits per heavy atom. The van der Waals surface area contributed by atoms with Crippen molar-refractivity contribution in [2.24, 2.45) is 5.41 Å². The average Bonchev–Trinajstić information content (AvgIpc) is 2.89. The van der Waals surface area contributed by atoms with Crippen LogP contribution in [0.4, 0.5) is 0 Å². The largest absolute Gasteiger partial charge is 0.496 e. The number of methoxy groups -OCH3 is 1. The number of aliphatic carboxylic acids is 1. The molecule has 6 heteroatoms. The van der Waals surface area contributed by atoms with Crippen LogP contribution in [0.25, 0.3) is 0 Å². The van der Waals surface area contributed by atoms with E-state index >= 15 is 0 Å². The van der Waals surface area contributed by atoms with Gasteiger partial charge in [0, 0.05) is 18.2 Å². The second kappa shape index (κ2) is 6.22. The van der Waals surface area contributed by atoms with Crippen LogP contribution >= 0.6 is 0 Å². The minimum absolute atomic E-state index is 0.224. The molecule has 0 aliphatic carbocycles. The molecule has 0 atom stereocenters. The summed E-state index contributed by atoms with van der Waals surface area (Å²) in [6, 6.07) is 3.69. The number of carboxylic acids is 1. The minimum atomic E-state index is -0.787. The van der Waals surface area contributed by atoms with Crippen LogP contribution < -0.4 is 19.5 Å². The maximum Gasteiger partial charge on any atom is 0.309 e. The molecule has 1 aliphatic heterocycles. The summed E-state index contributed by atoms with van der Waals surface area (Å²) in [5, 5.41) is 12.3. The molecule has 2 N–H and O–H groups in total. The smallest absolute Gasteiger partial charge is 0.309 e. The van der Waals surface area contributed by atoms with Gasteiger partial charge in [-0.15, -0.1) is 0 Å². The summed E-state index contributed by atoms with van der Waals surface area (Å²) in [5.74, 6) is 1.33. The maximum atomic E-state index is 11.0. The van der Waals surface area contributed by atoms with Gasteiger partial charge in [-0.1, -0.05) is 0 Å². The average molecular weight is 295 g/mol. The molecule has 0 amide bonds. The quantitative estimate of drug-likeness (QED) is 0.749. The van der Waals surface area contributed by atoms with Gasteiger partial charge in [0.25, 0.3) is 0 Å². The van der Waals surface area contributed by atoms with Crippen LogP contribution in [0.1, 0.15) is 25.8 Å². The van der Waals surface area contributed by atoms with E-state index < -0.39 is 11.4 Å². The molecule has 1 heterocycles. The molecule has 1 aromatic rings. The second-order valence-electron chi connectivity index (χ2n) is 5.63. The second-order valence-corrected chi connectivity index (χ2v) is 5.63. The molecule has 21 heavy (non-hydrogen) atoms. The van der Waals surface area contributed by atoms with Crippen LogP contribution in [-0.2, 0) is 11.3 Å². The van der Waals surface area contributed by atoms with E-state index in [0.29, 0.717) is 31.0 Å². The summed E-state index contributed by atoms with van der Waals surface area (Å²) >= 11 is 0. The number of hydrogen-bond donors (Lipinski definition) is 2. The zero-order valence-electron chi connectivity index (χ0n) is 12.6. The van der Waals surface area contributed by atoms with Crippen molar-refractivity contribution in [2.75, 3.05) is 20.4 Å². The Morgan fingerprint density at radius 1 is 1.38 bits per heavy atom. The maximum absolute atomic E-state index is 11.0. The fraction of sp³-hybridized carbons (Fsp3) is 0.533. The number of ether oxygens (including phenoxy) is 3. The van der Waals surface area contributed by atoms with Gasteiger partial charge in [-0.3, -0.25) is 4.79 Å². The molecule has 1 aromatic carbocycles. The van der Waals surface area contributed by atoms with Gasteiger partial charge < -0.3 is 24.6 Å². The number of benzene rings is 1. The third-order valence-corrected chi connectivity index (χ3v) is 3.60. The Labute approximate surface area is 124 Å². The lowest BCUT2D eigenvalue weighted by Gasteiger charge is -2.19. The van der Waals surface area contributed by atoms with E-state index in [2.05, 4.69) is 5.32 Å². The highest BCUT2D eigenvalue weighted by atomic mass is 16.7. The Kier molecular flexibility index (Phi) is 4.57. The Balaban J connectivity index is 1.93. The lowest BCUT2D eigenvalue weighted by Crippen LogP contribution is -2.28. The van der Waals surface area contributed by atoms with Crippen LogP contribution in [-0.4, -0.2) is 31.5 Å². The summed E-state index contributed by atoms with van der Waals surface area (Å²) in [5.41, 5.74) is 0.223. The first-order valence-corrected chi connectivity index (χ1v) is 6.84. The summed E-state index contributed by atoms with van der Waals surface area (Å²) in [7, 11) is 1.61. The third kappa shape index (κ3) is 3.58. The van der Waals surface area contributed by atoms with Crippen molar-refractivity contribution < 1.29 is 24.1 Å². The summed E-state index contributed by atoms with van der Waals surface area (Å²) in [6.07, 6.45) is 0.551. The molecule has 116 valence electrons. The van der Waals surface area contributed by atoms with E-state index in [1.165, 1.54) is 0 Å². The predicted octanol–water partition coefficient (Wildman–Crippen LogP) is 2.01. The van der Waals surface area contributed by atoms with Gasteiger partial charge in [0.2, 0.25) is 6.79 Å². The van der Waals surface area contributed by atoms with E-state index in [4.69, 9.17) is 19.3 Å². The van der Waals surface area contributed by atoms with Gasteiger partial charge in [0.1, 0.15) is 5.75 Å². The van der Waals surface area contributed by atoms with Crippen molar-refractivity contribution in [3.63, 3.8) is 0 Å². The monoisotopic (exact) mass is 295 g/mol. The first-order chi connectivity index (χ1) is 9.94. The lowest BCUT2D eigenvalue weighted by molar-refractivity contribution is -0.147. The van der Waals surface area contributed by atoms with Crippen LogP contribution in [0.5, 0.6) is 17.2 Å². The molecule has 0 saturated carbocycles. The standard InChI is InChI=1S/C15H21NO5/c1-15(2,14(17)18)4-5-16-8-10-6-12-13(21-9-20-12)7-11(10)19-3/h6-7,16H,4-5,8-9H2,1-3H3,(H,17,18). The molecule has 0 spiro atoms. The SMILES string of the molecule is COc1cc2c(cc1CNCCC(C)(C)C(=O)O)OCO2. The van der Waals surface area contributed by atoms with E-state index in [-0.39, 0.29) is 6.79 Å². The van der Waals surface area contributed by atoms with Crippen molar-refractivity contribution in [1.29, 1.82) is 0 Å². The number of carbonyl (C=O) groups is 1. The van der Waals surface area contributed by atoms with Crippen LogP contribution in [0.2, 0.25) is 0 Å². The van der Waals surface area contributed by atoms with E-state index in [1.807, 2.05) is 6.07 Å². The highest BCUT2D eigenvalue weighted by molar-refractivity contribution is 5.73. The van der Waals surface area contributed by atoms with Crippen molar-refractivity contribution >= 4 is 5.97 Å². The molecule has 0 saturated heterocycles. The number of nitrogens with one attached hydrogen (secondary N) is 1. The van der Waals surface area contributed by atoms with Gasteiger partial charge in [-0.05, 0) is 32.9 Å². The third-order valence-electron chi connectivity index (χ3n) is 3.60. The first-order valence-electron chi connectivity index (χ1n) is 6.84. The molecule has 0 unspecified atom stereocenters. The Bertz CT molecular complexity index is 527. The van der Waals surface area contributed by atoms with Gasteiger partial charge >= 0.3 is 5.97 Å². The fourth-order valence-corrected chi connectivity index (χ4v) is 2.02. The van der Waals surface area contributed by atoms with Gasteiger partial charge in [0.15, 0.2) is 11.5 Å². The van der Waals surface area contributed by atoms with Crippen molar-refractivity contribution in [1.82, 2.24) is 5.32 Å². The predicted molar refractivity (Wildman–Crippen MR) is 76.9 cm³/mol. The number of fused-ring (bicyclic) bond motifs is 1. The number of carboxylic acid groups (broad SMARTS) is 1. The lowest BCUT2D eigenvalue weighted by atomic mass is 9.90. The number of rotatable bonds is 7. The highest BCUT2D eigenvalue weighted by Gasteiger charge is 2.26. The molecule has 6 nitrogen and oxygen atoms in total. The molecule has 0 fully saturated rings. The van der Waals surface area contributed by atoms with Crippen LogP contribution in [0.15, 0.2) is 12.1 Å². The zero-order chi connectivity index (χ0) is 15.5. The molecule has 1 aliphatic rings. The fourth-order valence-electron chi connectivity index (χ4n) is 2.02. The van der Waals surface area contributed by atoms with Crippen molar-refractivity contribution in [2.45, 2.75) is 26.8 Å². The van der Waals surface area contributed by atoms with E-state index in [1.54, 1.807) is 27.0 Å². The van der Waals surface area contributed by atoms with Gasteiger partial charge in [-0.25, -0.2) is 0 Å². The summed E-state index contributed by atoms with van der Waals surface area (Å²) in [4.78, 5) is 11.0. The van der Waals surface area contributed by atoms with Crippen LogP contribution in [0.3, 0.4) is 0 Å². The molecule has 2 rings (SSSR count). The number of hydrogen-bond acceptors (Lipinski definition) is 5. The Morgan fingerprint density at radius 3 is 2.67 bits per heavy atom. The van der Waals surface area contributed by atoms with Crippen LogP contribution in [0, 0.1) is 5.41 Å². The topological polar surface area (TPSA) is 77.0 Å². The normalized spacial score (nSPS) is 13.3. The first kappa shape index (κ1) is 15.4. The molecule has 0 bridgehead atoms. The van der Waals surface area contributed by atoms with Crippen molar-refractivity contribution in [3.8, 4) is 17.2 Å². The summed E-state index contributed by atoms with van der Waals surface area (Å²) in [6.45, 7) is 4.85. The van der Waals surface area contributed by atoms with Crippen molar-refractivity contribution in [3.05, 3.63) is 17.7 Å². The zero-order valence-corrected chi connectivity index (χ0v) is 12.6. The van der Waals surface area contributed by atoms with E-state index in [0.717, 1.165) is 11.3 Å². The van der Waals surface area contributed by atoms with Gasteiger partial charge in [-0.2, -0.15) is 0 Å². The minimum Gasteiger partial charge on any atom is -0.496 e. The van der Waals surface area contributed by atoms with Gasteiger partial charge in [0.05, 0.1) is 12.5 Å². The molecular weight excluding hydrogens is 274 g/mol. The highest BCUT2D eigenvalue weighted by Crippen LogP contribution is 2.38. The summed E-state index contributed by atoms with van der Waals surface area (Å²) < 4.78 is 16.0. The molecular formula is C15H21NO5. The van der Waals surface area contributed by atoms with E-state index in [9.17, 15) is 4.79 Å². The Hall–Kier alpha value is -1.95. The molecule has 0 radical (unpaired) electrons. The molecule has 0 aromatic heterocycles.